The van der Waals surface area contributed by atoms with Crippen molar-refractivity contribution in [2.45, 2.75) is 20.3 Å². The van der Waals surface area contributed by atoms with Crippen LogP contribution in [0.2, 0.25) is 0 Å². The lowest BCUT2D eigenvalue weighted by molar-refractivity contribution is -0.118. The number of nitrogens with one attached hydrogen (secondary N) is 1. The number of benzene rings is 2. The van der Waals surface area contributed by atoms with E-state index >= 15 is 0 Å². The maximum Gasteiger partial charge on any atom is 0.337 e. The average Bonchev–Trinajstić information content (AvgIpc) is 2.81. The van der Waals surface area contributed by atoms with Gasteiger partial charge in [0, 0.05) is 24.2 Å². The molecule has 1 saturated heterocycles. The van der Waals surface area contributed by atoms with Crippen LogP contribution in [0.1, 0.15) is 30.6 Å². The van der Waals surface area contributed by atoms with Crippen molar-refractivity contribution in [1.82, 2.24) is 4.98 Å². The van der Waals surface area contributed by atoms with E-state index in [1.54, 1.807) is 24.3 Å². The van der Waals surface area contributed by atoms with Gasteiger partial charge >= 0.3 is 5.97 Å². The predicted octanol–water partition coefficient (Wildman–Crippen LogP) is 4.52. The van der Waals surface area contributed by atoms with Gasteiger partial charge in [-0.1, -0.05) is 26.0 Å². The van der Waals surface area contributed by atoms with Crippen molar-refractivity contribution in [2.24, 2.45) is 11.8 Å². The van der Waals surface area contributed by atoms with E-state index in [9.17, 15) is 9.59 Å². The van der Waals surface area contributed by atoms with E-state index in [1.165, 1.54) is 13.5 Å². The van der Waals surface area contributed by atoms with Crippen LogP contribution in [0.15, 0.2) is 54.6 Å². The van der Waals surface area contributed by atoms with Gasteiger partial charge in [-0.15, -0.1) is 0 Å². The molecule has 1 fully saturated rings. The minimum Gasteiger partial charge on any atom is -0.481 e. The zero-order chi connectivity index (χ0) is 23.4. The smallest absolute Gasteiger partial charge is 0.337 e. The molecule has 2 atom stereocenters. The number of aromatic nitrogens is 1. The van der Waals surface area contributed by atoms with Crippen LogP contribution in [0, 0.1) is 11.8 Å². The van der Waals surface area contributed by atoms with E-state index in [0.717, 1.165) is 29.8 Å². The Labute approximate surface area is 193 Å². The first kappa shape index (κ1) is 22.6. The number of anilines is 2. The summed E-state index contributed by atoms with van der Waals surface area (Å²) in [5.41, 5.74) is 1.74. The molecule has 2 heterocycles. The molecule has 172 valence electrons. The topological polar surface area (TPSA) is 80.8 Å². The number of hydrogen-bond donors (Lipinski definition) is 1. The summed E-state index contributed by atoms with van der Waals surface area (Å²) in [5.74, 6) is 2.04. The molecule has 7 nitrogen and oxygen atoms in total. The Morgan fingerprint density at radius 3 is 2.45 bits per heavy atom. The second kappa shape index (κ2) is 9.90. The van der Waals surface area contributed by atoms with Crippen molar-refractivity contribution in [3.8, 4) is 5.75 Å². The van der Waals surface area contributed by atoms with E-state index in [2.05, 4.69) is 40.9 Å². The summed E-state index contributed by atoms with van der Waals surface area (Å²) in [5, 5.41) is 3.74. The van der Waals surface area contributed by atoms with E-state index in [-0.39, 0.29) is 12.5 Å². The van der Waals surface area contributed by atoms with E-state index in [4.69, 9.17) is 9.72 Å². The maximum absolute atomic E-state index is 12.4. The predicted molar refractivity (Wildman–Crippen MR) is 129 cm³/mol. The fourth-order valence-electron chi connectivity index (χ4n) is 4.40. The molecule has 0 radical (unpaired) electrons. The molecular weight excluding hydrogens is 418 g/mol. The van der Waals surface area contributed by atoms with Gasteiger partial charge in [0.05, 0.1) is 12.7 Å². The van der Waals surface area contributed by atoms with Crippen LogP contribution in [-0.2, 0) is 9.53 Å². The van der Waals surface area contributed by atoms with Crippen molar-refractivity contribution in [3.05, 3.63) is 60.2 Å². The number of para-hydroxylation sites is 1. The molecule has 1 N–H and O–H groups in total. The Morgan fingerprint density at radius 2 is 1.76 bits per heavy atom. The van der Waals surface area contributed by atoms with Crippen molar-refractivity contribution in [1.29, 1.82) is 0 Å². The minimum absolute atomic E-state index is 0.151. The number of ether oxygens (including phenoxy) is 2. The van der Waals surface area contributed by atoms with Crippen LogP contribution in [0.5, 0.6) is 5.75 Å². The van der Waals surface area contributed by atoms with Gasteiger partial charge in [-0.25, -0.2) is 9.78 Å². The molecular formula is C26H29N3O4. The number of rotatable bonds is 6. The lowest BCUT2D eigenvalue weighted by Crippen LogP contribution is -2.39. The lowest BCUT2D eigenvalue weighted by Gasteiger charge is -2.35. The highest BCUT2D eigenvalue weighted by atomic mass is 16.5. The van der Waals surface area contributed by atoms with Gasteiger partial charge in [0.1, 0.15) is 17.1 Å². The van der Waals surface area contributed by atoms with Gasteiger partial charge in [-0.05, 0) is 60.7 Å². The fourth-order valence-corrected chi connectivity index (χ4v) is 4.40. The molecule has 3 aromatic rings. The summed E-state index contributed by atoms with van der Waals surface area (Å²) in [4.78, 5) is 31.2. The molecule has 7 heteroatoms. The molecule has 33 heavy (non-hydrogen) atoms. The standard InChI is InChI=1S/C26H29N3O4/c1-17-13-18(2)15-29(14-17)23-12-9-19-5-4-6-22(25(19)28-23)33-16-24(30)27-21-10-7-20(8-11-21)26(31)32-3/h4-12,17-18H,13-16H2,1-3H3,(H,27,30). The molecule has 0 saturated carbocycles. The number of amides is 1. The largest absolute Gasteiger partial charge is 0.481 e. The number of carbonyl (C=O) groups is 2. The van der Waals surface area contributed by atoms with Crippen molar-refractivity contribution >= 4 is 34.3 Å². The highest BCUT2D eigenvalue weighted by Gasteiger charge is 2.23. The van der Waals surface area contributed by atoms with E-state index < -0.39 is 5.97 Å². The Kier molecular flexibility index (Phi) is 6.77. The van der Waals surface area contributed by atoms with Crippen LogP contribution in [0.4, 0.5) is 11.5 Å². The highest BCUT2D eigenvalue weighted by molar-refractivity contribution is 5.94. The summed E-state index contributed by atoms with van der Waals surface area (Å²) in [7, 11) is 1.33. The summed E-state index contributed by atoms with van der Waals surface area (Å²) >= 11 is 0. The van der Waals surface area contributed by atoms with Crippen LogP contribution in [0.3, 0.4) is 0 Å². The maximum atomic E-state index is 12.4. The summed E-state index contributed by atoms with van der Waals surface area (Å²) in [6.45, 7) is 6.38. The normalized spacial score (nSPS) is 18.1. The minimum atomic E-state index is -0.424. The molecule has 1 amide bonds. The van der Waals surface area contributed by atoms with Crippen molar-refractivity contribution < 1.29 is 19.1 Å². The number of carbonyl (C=O) groups excluding carboxylic acids is 2. The molecule has 2 aromatic carbocycles. The zero-order valence-corrected chi connectivity index (χ0v) is 19.2. The van der Waals surface area contributed by atoms with Crippen molar-refractivity contribution in [3.63, 3.8) is 0 Å². The van der Waals surface area contributed by atoms with Gasteiger partial charge < -0.3 is 19.7 Å². The molecule has 1 aromatic heterocycles. The van der Waals surface area contributed by atoms with Gasteiger partial charge in [0.15, 0.2) is 6.61 Å². The molecule has 0 aliphatic carbocycles. The van der Waals surface area contributed by atoms with Gasteiger partial charge in [0.2, 0.25) is 0 Å². The number of piperidine rings is 1. The highest BCUT2D eigenvalue weighted by Crippen LogP contribution is 2.30. The average molecular weight is 448 g/mol. The second-order valence-corrected chi connectivity index (χ2v) is 8.75. The quantitative estimate of drug-likeness (QED) is 0.560. The molecule has 1 aliphatic rings. The molecule has 2 unspecified atom stereocenters. The summed E-state index contributed by atoms with van der Waals surface area (Å²) < 4.78 is 10.5. The van der Waals surface area contributed by atoms with Gasteiger partial charge in [-0.2, -0.15) is 0 Å². The first-order chi connectivity index (χ1) is 15.9. The van der Waals surface area contributed by atoms with Crippen LogP contribution in [-0.4, -0.2) is 43.7 Å². The monoisotopic (exact) mass is 447 g/mol. The Morgan fingerprint density at radius 1 is 1.03 bits per heavy atom. The molecule has 1 aliphatic heterocycles. The van der Waals surface area contributed by atoms with Crippen LogP contribution < -0.4 is 15.0 Å². The number of esters is 1. The SMILES string of the molecule is COC(=O)c1ccc(NC(=O)COc2cccc3ccc(N4CC(C)CC(C)C4)nc23)cc1. The first-order valence-electron chi connectivity index (χ1n) is 11.2. The zero-order valence-electron chi connectivity index (χ0n) is 19.2. The Balaban J connectivity index is 1.44. The van der Waals surface area contributed by atoms with Crippen LogP contribution in [0.25, 0.3) is 10.9 Å². The Bertz CT molecular complexity index is 1140. The van der Waals surface area contributed by atoms with Crippen molar-refractivity contribution in [2.75, 3.05) is 37.0 Å². The van der Waals surface area contributed by atoms with Crippen LogP contribution >= 0.6 is 0 Å². The number of nitrogens with zero attached hydrogens (tertiary/aromatic N) is 2. The third kappa shape index (κ3) is 5.42. The third-order valence-electron chi connectivity index (χ3n) is 5.81. The fraction of sp³-hybridized carbons (Fsp3) is 0.346. The second-order valence-electron chi connectivity index (χ2n) is 8.75. The van der Waals surface area contributed by atoms with Gasteiger partial charge in [-0.3, -0.25) is 4.79 Å². The lowest BCUT2D eigenvalue weighted by atomic mass is 9.92. The number of pyridine rings is 1. The molecule has 4 rings (SSSR count). The van der Waals surface area contributed by atoms with Gasteiger partial charge in [0.25, 0.3) is 5.91 Å². The first-order valence-corrected chi connectivity index (χ1v) is 11.2. The summed E-state index contributed by atoms with van der Waals surface area (Å²) in [6, 6.07) is 16.3. The molecule has 0 bridgehead atoms. The number of methoxy groups -OCH3 is 1. The van der Waals surface area contributed by atoms with E-state index in [1.807, 2.05) is 18.2 Å². The third-order valence-corrected chi connectivity index (χ3v) is 5.81. The number of hydrogen-bond acceptors (Lipinski definition) is 6. The van der Waals surface area contributed by atoms with E-state index in [0.29, 0.717) is 28.8 Å². The molecule has 0 spiro atoms. The number of fused-ring (bicyclic) bond motifs is 1. The Hall–Kier alpha value is -3.61. The summed E-state index contributed by atoms with van der Waals surface area (Å²) in [6.07, 6.45) is 1.24.